The Bertz CT molecular complexity index is 1150. The highest BCUT2D eigenvalue weighted by Crippen LogP contribution is 2.30. The summed E-state index contributed by atoms with van der Waals surface area (Å²) in [5.41, 5.74) is 2.14. The molecule has 3 rings (SSSR count). The van der Waals surface area contributed by atoms with Crippen LogP contribution >= 0.6 is 0 Å². The largest absolute Gasteiger partial charge is 0.379 e. The molecule has 0 saturated heterocycles. The number of hydrogen-bond donors (Lipinski definition) is 2. The van der Waals surface area contributed by atoms with Gasteiger partial charge < -0.3 is 10.2 Å². The summed E-state index contributed by atoms with van der Waals surface area (Å²) in [5.74, 6) is -0.0382. The number of rotatable bonds is 12. The number of nitro groups is 1. The Morgan fingerprint density at radius 2 is 1.53 bits per heavy atom. The van der Waals surface area contributed by atoms with E-state index in [-0.39, 0.29) is 28.7 Å². The number of nitrogens with zero attached hydrogens (tertiary/aromatic N) is 2. The van der Waals surface area contributed by atoms with Crippen LogP contribution in [0.2, 0.25) is 0 Å². The van der Waals surface area contributed by atoms with Crippen molar-refractivity contribution in [2.45, 2.75) is 17.2 Å². The predicted octanol–water partition coefficient (Wildman–Crippen LogP) is 4.07. The predicted molar refractivity (Wildman–Crippen MR) is 135 cm³/mol. The Hall–Kier alpha value is -3.27. The lowest BCUT2D eigenvalue weighted by Gasteiger charge is -2.19. The molecular formula is C25H30N4O4S. The van der Waals surface area contributed by atoms with Crippen LogP contribution in [-0.2, 0) is 10.0 Å². The molecule has 0 aliphatic heterocycles. The highest BCUT2D eigenvalue weighted by Gasteiger charge is 2.22. The molecule has 180 valence electrons. The lowest BCUT2D eigenvalue weighted by molar-refractivity contribution is -0.384. The van der Waals surface area contributed by atoms with E-state index in [1.165, 1.54) is 12.1 Å². The van der Waals surface area contributed by atoms with Gasteiger partial charge in [-0.15, -0.1) is 0 Å². The third-order valence-electron chi connectivity index (χ3n) is 5.45. The number of anilines is 1. The molecule has 9 heteroatoms. The summed E-state index contributed by atoms with van der Waals surface area (Å²) < 4.78 is 27.8. The first-order valence-corrected chi connectivity index (χ1v) is 12.5. The first-order chi connectivity index (χ1) is 16.3. The molecule has 0 radical (unpaired) electrons. The van der Waals surface area contributed by atoms with Crippen molar-refractivity contribution < 1.29 is 13.3 Å². The highest BCUT2D eigenvalue weighted by molar-refractivity contribution is 7.89. The Kier molecular flexibility index (Phi) is 8.75. The first kappa shape index (κ1) is 25.4. The maximum Gasteiger partial charge on any atom is 0.293 e. The number of benzene rings is 3. The zero-order chi connectivity index (χ0) is 24.6. The standard InChI is InChI=1S/C25H30N4O4S/c1-28(2)17-9-16-27-34(32,33)22-14-15-24(25(18-22)29(30)31)26-19-23(20-10-5-3-6-11-20)21-12-7-4-8-13-21/h3-8,10-15,18,23,26-27H,9,16-17,19H2,1-2H3. The summed E-state index contributed by atoms with van der Waals surface area (Å²) in [6.45, 7) is 1.39. The van der Waals surface area contributed by atoms with Crippen LogP contribution in [0.5, 0.6) is 0 Å². The molecule has 0 spiro atoms. The van der Waals surface area contributed by atoms with Crippen LogP contribution in [0, 0.1) is 10.1 Å². The van der Waals surface area contributed by atoms with Crippen molar-refractivity contribution in [3.63, 3.8) is 0 Å². The molecule has 3 aromatic carbocycles. The lowest BCUT2D eigenvalue weighted by atomic mass is 9.91. The number of nitrogens with one attached hydrogen (secondary N) is 2. The lowest BCUT2D eigenvalue weighted by Crippen LogP contribution is -2.27. The molecule has 0 fully saturated rings. The van der Waals surface area contributed by atoms with Crippen molar-refractivity contribution in [1.29, 1.82) is 0 Å². The molecule has 0 atom stereocenters. The Balaban J connectivity index is 1.80. The van der Waals surface area contributed by atoms with Gasteiger partial charge in [0.1, 0.15) is 5.69 Å². The van der Waals surface area contributed by atoms with Gasteiger partial charge in [-0.3, -0.25) is 10.1 Å². The topological polar surface area (TPSA) is 105 Å². The van der Waals surface area contributed by atoms with Gasteiger partial charge in [0.05, 0.1) is 9.82 Å². The molecule has 34 heavy (non-hydrogen) atoms. The van der Waals surface area contributed by atoms with E-state index in [0.29, 0.717) is 13.0 Å². The van der Waals surface area contributed by atoms with Crippen LogP contribution in [0.1, 0.15) is 23.5 Å². The summed E-state index contributed by atoms with van der Waals surface area (Å²) >= 11 is 0. The van der Waals surface area contributed by atoms with Crippen LogP contribution in [0.3, 0.4) is 0 Å². The highest BCUT2D eigenvalue weighted by atomic mass is 32.2. The summed E-state index contributed by atoms with van der Waals surface area (Å²) in [4.78, 5) is 13.0. The van der Waals surface area contributed by atoms with Gasteiger partial charge >= 0.3 is 0 Å². The fraction of sp³-hybridized carbons (Fsp3) is 0.280. The maximum atomic E-state index is 12.6. The van der Waals surface area contributed by atoms with Crippen LogP contribution in [0.15, 0.2) is 83.8 Å². The second-order valence-corrected chi connectivity index (χ2v) is 10.0. The first-order valence-electron chi connectivity index (χ1n) is 11.0. The van der Waals surface area contributed by atoms with Gasteiger partial charge in [0, 0.05) is 25.1 Å². The summed E-state index contributed by atoms with van der Waals surface area (Å²) in [6, 6.07) is 23.7. The Morgan fingerprint density at radius 1 is 0.941 bits per heavy atom. The molecule has 0 bridgehead atoms. The van der Waals surface area contributed by atoms with Gasteiger partial charge in [0.2, 0.25) is 10.0 Å². The minimum absolute atomic E-state index is 0.0382. The van der Waals surface area contributed by atoms with Crippen molar-refractivity contribution in [1.82, 2.24) is 9.62 Å². The van der Waals surface area contributed by atoms with Crippen LogP contribution in [0.25, 0.3) is 0 Å². The third-order valence-corrected chi connectivity index (χ3v) is 6.91. The van der Waals surface area contributed by atoms with Gasteiger partial charge in [-0.1, -0.05) is 60.7 Å². The van der Waals surface area contributed by atoms with E-state index in [9.17, 15) is 18.5 Å². The summed E-state index contributed by atoms with van der Waals surface area (Å²) in [7, 11) is -0.0360. The molecule has 0 aliphatic rings. The zero-order valence-corrected chi connectivity index (χ0v) is 20.2. The van der Waals surface area contributed by atoms with Crippen LogP contribution in [0.4, 0.5) is 11.4 Å². The van der Waals surface area contributed by atoms with E-state index < -0.39 is 14.9 Å². The second kappa shape index (κ2) is 11.7. The molecule has 8 nitrogen and oxygen atoms in total. The van der Waals surface area contributed by atoms with E-state index in [1.54, 1.807) is 0 Å². The number of hydrogen-bond acceptors (Lipinski definition) is 6. The summed E-state index contributed by atoms with van der Waals surface area (Å²) in [5, 5.41) is 14.9. The average molecular weight is 483 g/mol. The smallest absolute Gasteiger partial charge is 0.293 e. The van der Waals surface area contributed by atoms with Crippen molar-refractivity contribution in [3.05, 3.63) is 100 Å². The Morgan fingerprint density at radius 3 is 2.06 bits per heavy atom. The molecular weight excluding hydrogens is 452 g/mol. The monoisotopic (exact) mass is 482 g/mol. The van der Waals surface area contributed by atoms with Crippen molar-refractivity contribution in [2.75, 3.05) is 39.0 Å². The second-order valence-electron chi connectivity index (χ2n) is 8.25. The normalized spacial score (nSPS) is 11.6. The quantitative estimate of drug-likeness (QED) is 0.229. The molecule has 0 aliphatic carbocycles. The molecule has 0 amide bonds. The van der Waals surface area contributed by atoms with Gasteiger partial charge in [0.25, 0.3) is 5.69 Å². The van der Waals surface area contributed by atoms with E-state index in [0.717, 1.165) is 23.7 Å². The molecule has 0 heterocycles. The number of nitro benzene ring substituents is 1. The van der Waals surface area contributed by atoms with E-state index in [4.69, 9.17) is 0 Å². The van der Waals surface area contributed by atoms with Crippen LogP contribution < -0.4 is 10.0 Å². The van der Waals surface area contributed by atoms with Crippen molar-refractivity contribution in [2.24, 2.45) is 0 Å². The molecule has 3 aromatic rings. The van der Waals surface area contributed by atoms with Crippen molar-refractivity contribution >= 4 is 21.4 Å². The molecule has 2 N–H and O–H groups in total. The fourth-order valence-electron chi connectivity index (χ4n) is 3.68. The number of sulfonamides is 1. The molecule has 0 unspecified atom stereocenters. The van der Waals surface area contributed by atoms with E-state index in [1.807, 2.05) is 79.7 Å². The Labute approximate surface area is 200 Å². The van der Waals surface area contributed by atoms with E-state index >= 15 is 0 Å². The van der Waals surface area contributed by atoms with Gasteiger partial charge in [-0.2, -0.15) is 0 Å². The van der Waals surface area contributed by atoms with Gasteiger partial charge in [-0.25, -0.2) is 13.1 Å². The van der Waals surface area contributed by atoms with E-state index in [2.05, 4.69) is 10.0 Å². The fourth-order valence-corrected chi connectivity index (χ4v) is 4.77. The average Bonchev–Trinajstić information content (AvgIpc) is 2.83. The minimum atomic E-state index is -3.85. The van der Waals surface area contributed by atoms with Crippen LogP contribution in [-0.4, -0.2) is 52.0 Å². The minimum Gasteiger partial charge on any atom is -0.379 e. The van der Waals surface area contributed by atoms with Gasteiger partial charge in [0.15, 0.2) is 0 Å². The third kappa shape index (κ3) is 6.86. The van der Waals surface area contributed by atoms with Gasteiger partial charge in [-0.05, 0) is 50.3 Å². The summed E-state index contributed by atoms with van der Waals surface area (Å²) in [6.07, 6.45) is 0.633. The molecule has 0 saturated carbocycles. The molecule has 0 aromatic heterocycles. The SMILES string of the molecule is CN(C)CCCNS(=O)(=O)c1ccc(NCC(c2ccccc2)c2ccccc2)c([N+](=O)[O-])c1. The zero-order valence-electron chi connectivity index (χ0n) is 19.3. The maximum absolute atomic E-state index is 12.6. The van der Waals surface area contributed by atoms with Crippen molar-refractivity contribution in [3.8, 4) is 0 Å².